The molecule has 1 N–H and O–H groups in total. The van der Waals surface area contributed by atoms with Crippen molar-refractivity contribution in [2.75, 3.05) is 0 Å². The molecule has 0 saturated heterocycles. The molecule has 1 aromatic heterocycles. The summed E-state index contributed by atoms with van der Waals surface area (Å²) in [6.45, 7) is 5.65. The lowest BCUT2D eigenvalue weighted by molar-refractivity contribution is 0.504. The van der Waals surface area contributed by atoms with Crippen LogP contribution in [0, 0.1) is 24.4 Å². The summed E-state index contributed by atoms with van der Waals surface area (Å²) in [6.07, 6.45) is 0. The predicted molar refractivity (Wildman–Crippen MR) is 54.3 cm³/mol. The summed E-state index contributed by atoms with van der Waals surface area (Å²) >= 11 is 0. The molecular weight excluding hydrogens is 203 g/mol. The number of fused-ring (bicyclic) bond motifs is 1. The summed E-state index contributed by atoms with van der Waals surface area (Å²) < 4.78 is 38.7. The first kappa shape index (κ1) is 11.6. The first-order valence-electron chi connectivity index (χ1n) is 4.72. The molecule has 1 heterocycles. The monoisotopic (exact) mass is 215 g/mol. The Morgan fingerprint density at radius 3 is 2.20 bits per heavy atom. The molecule has 2 aromatic rings. The van der Waals surface area contributed by atoms with E-state index in [0.717, 1.165) is 0 Å². The van der Waals surface area contributed by atoms with Crippen LogP contribution in [-0.2, 0) is 0 Å². The van der Waals surface area contributed by atoms with Crippen molar-refractivity contribution < 1.29 is 13.2 Å². The molecule has 4 heteroatoms. The lowest BCUT2D eigenvalue weighted by atomic mass is 10.2. The van der Waals surface area contributed by atoms with Crippen LogP contribution in [-0.4, -0.2) is 4.98 Å². The second kappa shape index (κ2) is 4.38. The van der Waals surface area contributed by atoms with Gasteiger partial charge in [0, 0.05) is 17.1 Å². The molecule has 0 aliphatic carbocycles. The molecule has 0 fully saturated rings. The van der Waals surface area contributed by atoms with Gasteiger partial charge in [0.1, 0.15) is 5.82 Å². The van der Waals surface area contributed by atoms with Gasteiger partial charge in [0.25, 0.3) is 0 Å². The Labute approximate surface area is 85.9 Å². The SMILES string of the molecule is CC.Cc1cc2c(F)cc(F)c(F)c2[nH]1. The number of aromatic nitrogens is 1. The van der Waals surface area contributed by atoms with Crippen molar-refractivity contribution in [1.82, 2.24) is 4.98 Å². The number of halogens is 3. The van der Waals surface area contributed by atoms with Crippen LogP contribution in [0.4, 0.5) is 13.2 Å². The zero-order chi connectivity index (χ0) is 11.6. The zero-order valence-corrected chi connectivity index (χ0v) is 8.79. The number of aryl methyl sites for hydroxylation is 1. The fraction of sp³-hybridized carbons (Fsp3) is 0.273. The van der Waals surface area contributed by atoms with Crippen LogP contribution < -0.4 is 0 Å². The van der Waals surface area contributed by atoms with Gasteiger partial charge in [-0.15, -0.1) is 0 Å². The molecule has 2 rings (SSSR count). The minimum Gasteiger partial charge on any atom is -0.356 e. The van der Waals surface area contributed by atoms with Crippen LogP contribution >= 0.6 is 0 Å². The highest BCUT2D eigenvalue weighted by Crippen LogP contribution is 2.23. The molecule has 82 valence electrons. The maximum atomic E-state index is 13.0. The number of benzene rings is 1. The Bertz CT molecular complexity index is 474. The van der Waals surface area contributed by atoms with Gasteiger partial charge in [-0.2, -0.15) is 0 Å². The smallest absolute Gasteiger partial charge is 0.183 e. The van der Waals surface area contributed by atoms with Crippen molar-refractivity contribution in [3.8, 4) is 0 Å². The summed E-state index contributed by atoms with van der Waals surface area (Å²) in [7, 11) is 0. The summed E-state index contributed by atoms with van der Waals surface area (Å²) in [5.41, 5.74) is 0.480. The van der Waals surface area contributed by atoms with E-state index >= 15 is 0 Å². The first-order valence-corrected chi connectivity index (χ1v) is 4.72. The fourth-order valence-electron chi connectivity index (χ4n) is 1.32. The minimum atomic E-state index is -1.17. The summed E-state index contributed by atoms with van der Waals surface area (Å²) in [5, 5.41) is 0.0800. The van der Waals surface area contributed by atoms with E-state index in [-0.39, 0.29) is 10.9 Å². The molecule has 0 aliphatic heterocycles. The first-order chi connectivity index (χ1) is 7.09. The van der Waals surface area contributed by atoms with Crippen molar-refractivity contribution in [3.63, 3.8) is 0 Å². The number of rotatable bonds is 0. The van der Waals surface area contributed by atoms with E-state index < -0.39 is 17.5 Å². The molecule has 1 aromatic carbocycles. The van der Waals surface area contributed by atoms with Gasteiger partial charge in [0.05, 0.1) is 5.52 Å². The van der Waals surface area contributed by atoms with E-state index in [1.807, 2.05) is 13.8 Å². The molecule has 1 nitrogen and oxygen atoms in total. The van der Waals surface area contributed by atoms with Crippen molar-refractivity contribution in [3.05, 3.63) is 35.3 Å². The van der Waals surface area contributed by atoms with E-state index in [0.29, 0.717) is 11.8 Å². The third-order valence-electron chi connectivity index (χ3n) is 1.89. The Kier molecular flexibility index (Phi) is 3.39. The third kappa shape index (κ3) is 1.98. The van der Waals surface area contributed by atoms with Gasteiger partial charge in [-0.3, -0.25) is 0 Å². The van der Waals surface area contributed by atoms with E-state index in [4.69, 9.17) is 0 Å². The highest BCUT2D eigenvalue weighted by molar-refractivity contribution is 5.81. The van der Waals surface area contributed by atoms with Crippen LogP contribution in [0.15, 0.2) is 12.1 Å². The summed E-state index contributed by atoms with van der Waals surface area (Å²) in [5.74, 6) is -2.96. The van der Waals surface area contributed by atoms with E-state index in [1.165, 1.54) is 6.07 Å². The van der Waals surface area contributed by atoms with Gasteiger partial charge in [-0.05, 0) is 13.0 Å². The minimum absolute atomic E-state index is 0.0800. The molecule has 0 spiro atoms. The molecule has 0 atom stereocenters. The van der Waals surface area contributed by atoms with E-state index in [1.54, 1.807) is 6.92 Å². The maximum Gasteiger partial charge on any atom is 0.183 e. The molecule has 0 bridgehead atoms. The average molecular weight is 215 g/mol. The average Bonchev–Trinajstić information content (AvgIpc) is 2.61. The van der Waals surface area contributed by atoms with Crippen LogP contribution in [0.5, 0.6) is 0 Å². The topological polar surface area (TPSA) is 15.8 Å². The van der Waals surface area contributed by atoms with Crippen molar-refractivity contribution in [2.45, 2.75) is 20.8 Å². The number of nitrogens with one attached hydrogen (secondary N) is 1. The maximum absolute atomic E-state index is 13.0. The lowest BCUT2D eigenvalue weighted by Gasteiger charge is -1.95. The van der Waals surface area contributed by atoms with Gasteiger partial charge in [0.2, 0.25) is 0 Å². The third-order valence-corrected chi connectivity index (χ3v) is 1.89. The number of hydrogen-bond acceptors (Lipinski definition) is 0. The van der Waals surface area contributed by atoms with Gasteiger partial charge < -0.3 is 4.98 Å². The van der Waals surface area contributed by atoms with Gasteiger partial charge in [-0.1, -0.05) is 13.8 Å². The van der Waals surface area contributed by atoms with Crippen LogP contribution in [0.25, 0.3) is 10.9 Å². The fourth-order valence-corrected chi connectivity index (χ4v) is 1.32. The largest absolute Gasteiger partial charge is 0.356 e. The molecule has 0 saturated carbocycles. The summed E-state index contributed by atoms with van der Waals surface area (Å²) in [4.78, 5) is 2.55. The van der Waals surface area contributed by atoms with E-state index in [9.17, 15) is 13.2 Å². The molecule has 0 aliphatic rings. The van der Waals surface area contributed by atoms with Crippen LogP contribution in [0.1, 0.15) is 19.5 Å². The molecule has 0 amide bonds. The standard InChI is InChI=1S/C9H6F3N.C2H6/c1-4-2-5-6(10)3-7(11)8(12)9(5)13-4;1-2/h2-3,13H,1H3;1-2H3. The molecule has 0 unspecified atom stereocenters. The van der Waals surface area contributed by atoms with Crippen molar-refractivity contribution in [2.24, 2.45) is 0 Å². The quantitative estimate of drug-likeness (QED) is 0.641. The van der Waals surface area contributed by atoms with Gasteiger partial charge in [0.15, 0.2) is 11.6 Å². The van der Waals surface area contributed by atoms with E-state index in [2.05, 4.69) is 4.98 Å². The Morgan fingerprint density at radius 1 is 1.00 bits per heavy atom. The second-order valence-corrected chi connectivity index (χ2v) is 2.90. The molecular formula is C11H12F3N. The Morgan fingerprint density at radius 2 is 1.60 bits per heavy atom. The second-order valence-electron chi connectivity index (χ2n) is 2.90. The van der Waals surface area contributed by atoms with Crippen LogP contribution in [0.2, 0.25) is 0 Å². The normalized spacial score (nSPS) is 10.0. The number of H-pyrrole nitrogens is 1. The predicted octanol–water partition coefficient (Wildman–Crippen LogP) is 3.92. The van der Waals surface area contributed by atoms with Gasteiger partial charge in [-0.25, -0.2) is 13.2 Å². The van der Waals surface area contributed by atoms with Crippen molar-refractivity contribution in [1.29, 1.82) is 0 Å². The molecule has 15 heavy (non-hydrogen) atoms. The highest BCUT2D eigenvalue weighted by Gasteiger charge is 2.13. The highest BCUT2D eigenvalue weighted by atomic mass is 19.2. The summed E-state index contributed by atoms with van der Waals surface area (Å²) in [6, 6.07) is 1.98. The number of aromatic amines is 1. The van der Waals surface area contributed by atoms with Gasteiger partial charge >= 0.3 is 0 Å². The Balaban J connectivity index is 0.000000531. The zero-order valence-electron chi connectivity index (χ0n) is 8.79. The molecule has 0 radical (unpaired) electrons. The Hall–Kier alpha value is -1.45. The lowest BCUT2D eigenvalue weighted by Crippen LogP contribution is -1.88. The van der Waals surface area contributed by atoms with Crippen LogP contribution in [0.3, 0.4) is 0 Å². The van der Waals surface area contributed by atoms with Crippen molar-refractivity contribution >= 4 is 10.9 Å². The number of hydrogen-bond donors (Lipinski definition) is 1.